The Hall–Kier alpha value is -2.26. The molecule has 2 aromatic rings. The van der Waals surface area contributed by atoms with Crippen molar-refractivity contribution in [2.24, 2.45) is 16.8 Å². The van der Waals surface area contributed by atoms with E-state index >= 15 is 0 Å². The molecule has 0 unspecified atom stereocenters. The van der Waals surface area contributed by atoms with E-state index in [9.17, 15) is 23.9 Å². The summed E-state index contributed by atoms with van der Waals surface area (Å²) in [5, 5.41) is 13.3. The third-order valence-corrected chi connectivity index (χ3v) is 7.85. The van der Waals surface area contributed by atoms with Crippen LogP contribution in [0.5, 0.6) is 0 Å². The summed E-state index contributed by atoms with van der Waals surface area (Å²) in [6.45, 7) is 4.87. The van der Waals surface area contributed by atoms with Gasteiger partial charge in [-0.25, -0.2) is 4.39 Å². The normalized spacial score (nSPS) is 20.6. The molecule has 1 fully saturated rings. The predicted molar refractivity (Wildman–Crippen MR) is 141 cm³/mol. The minimum Gasteiger partial charge on any atom is -0.550 e. The summed E-state index contributed by atoms with van der Waals surface area (Å²) in [5.41, 5.74) is 1.34. The van der Waals surface area contributed by atoms with Gasteiger partial charge < -0.3 is 20.1 Å². The molecule has 39 heavy (non-hydrogen) atoms. The number of carboxylic acids is 1. The summed E-state index contributed by atoms with van der Waals surface area (Å²) >= 11 is 6.08. The van der Waals surface area contributed by atoms with Crippen LogP contribution >= 0.6 is 11.6 Å². The number of aliphatic carboxylic acids is 1. The zero-order valence-corrected chi connectivity index (χ0v) is 25.4. The molecule has 1 saturated carbocycles. The molecule has 0 aromatic heterocycles. The number of carboxylic acid groups (broad SMARTS) is 1. The molecule has 0 radical (unpaired) electrons. The maximum Gasteiger partial charge on any atom is 1.00 e. The molecular weight excluding hydrogens is 532 g/mol. The number of aliphatic imine (C=N–C) groups is 1. The Bertz CT molecular complexity index is 1220. The van der Waals surface area contributed by atoms with E-state index in [0.717, 1.165) is 31.2 Å². The van der Waals surface area contributed by atoms with Gasteiger partial charge in [0.25, 0.3) is 11.8 Å². The first-order valence-electron chi connectivity index (χ1n) is 13.0. The molecule has 1 aliphatic carbocycles. The number of benzene rings is 2. The number of hydrogen-bond acceptors (Lipinski definition) is 5. The van der Waals surface area contributed by atoms with Gasteiger partial charge in [-0.15, -0.1) is 0 Å². The molecule has 2 aliphatic rings. The van der Waals surface area contributed by atoms with Crippen molar-refractivity contribution in [1.29, 1.82) is 0 Å². The minimum absolute atomic E-state index is 0. The SMILES string of the molecule is CC(C)C1CCC2(CC1)N=C(c1cc(F)cc(Cl)c1)C(=O)N2CCc1ccc(C(=O)NCCC(=O)[O-])cc1.[Na+]. The van der Waals surface area contributed by atoms with Crippen molar-refractivity contribution in [1.82, 2.24) is 10.2 Å². The van der Waals surface area contributed by atoms with Crippen LogP contribution in [0, 0.1) is 17.7 Å². The maximum absolute atomic E-state index is 14.1. The Morgan fingerprint density at radius 1 is 1.18 bits per heavy atom. The quantitative estimate of drug-likeness (QED) is 0.455. The van der Waals surface area contributed by atoms with Crippen molar-refractivity contribution in [2.75, 3.05) is 13.1 Å². The van der Waals surface area contributed by atoms with Crippen LogP contribution in [0.2, 0.25) is 5.02 Å². The van der Waals surface area contributed by atoms with Crippen molar-refractivity contribution >= 4 is 35.1 Å². The van der Waals surface area contributed by atoms with Gasteiger partial charge in [-0.1, -0.05) is 37.6 Å². The second kappa shape index (κ2) is 13.4. The molecule has 1 spiro atoms. The van der Waals surface area contributed by atoms with Crippen LogP contribution in [-0.2, 0) is 16.0 Å². The molecule has 7 nitrogen and oxygen atoms in total. The van der Waals surface area contributed by atoms with E-state index < -0.39 is 17.4 Å². The second-order valence-electron chi connectivity index (χ2n) is 10.5. The molecule has 0 atom stereocenters. The smallest absolute Gasteiger partial charge is 0.550 e. The van der Waals surface area contributed by atoms with E-state index in [0.29, 0.717) is 35.9 Å². The van der Waals surface area contributed by atoms with Gasteiger partial charge in [0, 0.05) is 41.6 Å². The van der Waals surface area contributed by atoms with Crippen LogP contribution in [0.15, 0.2) is 47.5 Å². The molecule has 1 heterocycles. The Morgan fingerprint density at radius 2 is 1.85 bits per heavy atom. The van der Waals surface area contributed by atoms with Crippen molar-refractivity contribution in [2.45, 2.75) is 58.0 Å². The zero-order chi connectivity index (χ0) is 27.4. The van der Waals surface area contributed by atoms with E-state index in [-0.39, 0.29) is 65.1 Å². The largest absolute Gasteiger partial charge is 1.00 e. The van der Waals surface area contributed by atoms with E-state index in [1.807, 2.05) is 17.0 Å². The fourth-order valence-electron chi connectivity index (χ4n) is 5.42. The molecule has 2 amide bonds. The fraction of sp³-hybridized carbons (Fsp3) is 0.448. The van der Waals surface area contributed by atoms with Crippen LogP contribution < -0.4 is 40.0 Å². The first kappa shape index (κ1) is 31.3. The molecular formula is C29H32ClFN3NaO4. The van der Waals surface area contributed by atoms with Crippen molar-refractivity contribution in [3.8, 4) is 0 Å². The van der Waals surface area contributed by atoms with Gasteiger partial charge in [-0.3, -0.25) is 14.6 Å². The van der Waals surface area contributed by atoms with Crippen LogP contribution in [0.3, 0.4) is 0 Å². The summed E-state index contributed by atoms with van der Waals surface area (Å²) in [5.74, 6) is -1.19. The molecule has 2 aromatic carbocycles. The van der Waals surface area contributed by atoms with Gasteiger partial charge in [0.15, 0.2) is 0 Å². The van der Waals surface area contributed by atoms with E-state index in [2.05, 4.69) is 19.2 Å². The summed E-state index contributed by atoms with van der Waals surface area (Å²) < 4.78 is 14.1. The number of amides is 2. The van der Waals surface area contributed by atoms with E-state index in [4.69, 9.17) is 16.6 Å². The Kier molecular flexibility index (Phi) is 10.7. The first-order chi connectivity index (χ1) is 18.1. The maximum atomic E-state index is 14.1. The molecule has 4 rings (SSSR count). The van der Waals surface area contributed by atoms with E-state index in [1.165, 1.54) is 12.1 Å². The molecule has 202 valence electrons. The molecule has 1 aliphatic heterocycles. The Labute approximate surface area is 255 Å². The van der Waals surface area contributed by atoms with E-state index in [1.54, 1.807) is 18.2 Å². The van der Waals surface area contributed by atoms with Crippen LogP contribution in [0.1, 0.15) is 67.4 Å². The average Bonchev–Trinajstić information content (AvgIpc) is 3.13. The van der Waals surface area contributed by atoms with Gasteiger partial charge in [-0.05, 0) is 79.8 Å². The molecule has 10 heteroatoms. The van der Waals surface area contributed by atoms with Crippen molar-refractivity contribution < 1.29 is 53.4 Å². The number of hydrogen-bond donors (Lipinski definition) is 1. The topological polar surface area (TPSA) is 102 Å². The Morgan fingerprint density at radius 3 is 2.44 bits per heavy atom. The standard InChI is InChI=1S/C29H33ClFN3O4.Na/c1-18(2)20-7-11-29(12-8-20)33-26(22-15-23(30)17-24(31)16-22)28(38)34(29)14-10-19-3-5-21(6-4-19)27(37)32-13-9-25(35)36;/h3-6,15-18,20H,7-14H2,1-2H3,(H,32,37)(H,35,36);/q;+1/p-1. The summed E-state index contributed by atoms with van der Waals surface area (Å²) in [6, 6.07) is 11.1. The third kappa shape index (κ3) is 7.48. The van der Waals surface area contributed by atoms with Crippen molar-refractivity contribution in [3.63, 3.8) is 0 Å². The Balaban J connectivity index is 0.00000420. The van der Waals surface area contributed by atoms with Gasteiger partial charge in [0.05, 0.1) is 0 Å². The average molecular weight is 564 g/mol. The molecule has 1 N–H and O–H groups in total. The van der Waals surface area contributed by atoms with Gasteiger partial charge >= 0.3 is 29.6 Å². The monoisotopic (exact) mass is 563 g/mol. The number of nitrogens with one attached hydrogen (secondary N) is 1. The van der Waals surface area contributed by atoms with Crippen LogP contribution in [0.4, 0.5) is 4.39 Å². The number of nitrogens with zero attached hydrogens (tertiary/aromatic N) is 2. The van der Waals surface area contributed by atoms with Crippen LogP contribution in [0.25, 0.3) is 0 Å². The number of carbonyl (C=O) groups excluding carboxylic acids is 3. The summed E-state index contributed by atoms with van der Waals surface area (Å²) in [7, 11) is 0. The number of carbonyl (C=O) groups is 3. The molecule has 0 bridgehead atoms. The minimum atomic E-state index is -1.22. The van der Waals surface area contributed by atoms with Crippen molar-refractivity contribution in [3.05, 3.63) is 70.0 Å². The predicted octanol–water partition coefficient (Wildman–Crippen LogP) is 0.769. The summed E-state index contributed by atoms with van der Waals surface area (Å²) in [6.07, 6.45) is 3.73. The second-order valence-corrected chi connectivity index (χ2v) is 10.9. The first-order valence-corrected chi connectivity index (χ1v) is 13.4. The zero-order valence-electron chi connectivity index (χ0n) is 22.6. The van der Waals surface area contributed by atoms with Gasteiger partial charge in [0.2, 0.25) is 0 Å². The van der Waals surface area contributed by atoms with Crippen LogP contribution in [-0.4, -0.2) is 47.1 Å². The fourth-order valence-corrected chi connectivity index (χ4v) is 5.64. The number of halogens is 2. The van der Waals surface area contributed by atoms with Gasteiger partial charge in [-0.2, -0.15) is 0 Å². The molecule has 0 saturated heterocycles. The summed E-state index contributed by atoms with van der Waals surface area (Å²) in [4.78, 5) is 43.2. The third-order valence-electron chi connectivity index (χ3n) is 7.63. The van der Waals surface area contributed by atoms with Gasteiger partial charge in [0.1, 0.15) is 17.2 Å². The number of rotatable bonds is 9.